The van der Waals surface area contributed by atoms with E-state index >= 15 is 0 Å². The van der Waals surface area contributed by atoms with Crippen LogP contribution in [-0.4, -0.2) is 8.42 Å². The highest BCUT2D eigenvalue weighted by molar-refractivity contribution is 7.92. The fourth-order valence-electron chi connectivity index (χ4n) is 1.74. The Morgan fingerprint density at radius 3 is 2.30 bits per heavy atom. The van der Waals surface area contributed by atoms with Crippen LogP contribution in [0.15, 0.2) is 47.4 Å². The molecule has 2 aromatic rings. The predicted octanol–water partition coefficient (Wildman–Crippen LogP) is 2.98. The number of sulfonamides is 1. The molecule has 20 heavy (non-hydrogen) atoms. The van der Waals surface area contributed by atoms with E-state index in [1.165, 1.54) is 6.07 Å². The lowest BCUT2D eigenvalue weighted by atomic mass is 10.1. The van der Waals surface area contributed by atoms with E-state index in [4.69, 9.17) is 5.26 Å². The minimum absolute atomic E-state index is 0.196. The third-order valence-corrected chi connectivity index (χ3v) is 4.34. The van der Waals surface area contributed by atoms with Crippen LogP contribution in [0, 0.1) is 25.2 Å². The summed E-state index contributed by atoms with van der Waals surface area (Å²) in [4.78, 5) is 0.196. The lowest BCUT2D eigenvalue weighted by Crippen LogP contribution is -2.13. The summed E-state index contributed by atoms with van der Waals surface area (Å²) in [6.45, 7) is 3.69. The normalized spacial score (nSPS) is 10.8. The molecule has 0 saturated heterocycles. The molecule has 0 aliphatic heterocycles. The second-order valence-corrected chi connectivity index (χ2v) is 6.24. The molecule has 0 bridgehead atoms. The molecule has 4 nitrogen and oxygen atoms in total. The summed E-state index contributed by atoms with van der Waals surface area (Å²) in [5.41, 5.74) is 2.64. The summed E-state index contributed by atoms with van der Waals surface area (Å²) >= 11 is 0. The van der Waals surface area contributed by atoms with Crippen LogP contribution in [-0.2, 0) is 10.0 Å². The minimum Gasteiger partial charge on any atom is -0.280 e. The standard InChI is InChI=1S/C15H14N2O2S/c1-11-3-7-15(8-4-11)20(18,19)17-14-6-5-12(2)13(9-14)10-16/h3-9,17H,1-2H3. The number of nitrogens with zero attached hydrogens (tertiary/aromatic N) is 1. The van der Waals surface area contributed by atoms with Crippen molar-refractivity contribution in [2.75, 3.05) is 4.72 Å². The maximum absolute atomic E-state index is 12.2. The molecule has 0 spiro atoms. The molecule has 0 unspecified atom stereocenters. The van der Waals surface area contributed by atoms with Gasteiger partial charge in [-0.25, -0.2) is 8.42 Å². The first-order valence-corrected chi connectivity index (χ1v) is 7.51. The van der Waals surface area contributed by atoms with E-state index in [2.05, 4.69) is 4.72 Å². The first kappa shape index (κ1) is 14.1. The second-order valence-electron chi connectivity index (χ2n) is 4.56. The van der Waals surface area contributed by atoms with E-state index in [0.717, 1.165) is 11.1 Å². The van der Waals surface area contributed by atoms with Crippen molar-refractivity contribution in [1.29, 1.82) is 5.26 Å². The molecule has 0 fully saturated rings. The molecule has 0 atom stereocenters. The Hall–Kier alpha value is -2.32. The Kier molecular flexibility index (Phi) is 3.77. The average Bonchev–Trinajstić information content (AvgIpc) is 2.41. The van der Waals surface area contributed by atoms with Gasteiger partial charge in [-0.15, -0.1) is 0 Å². The molecular weight excluding hydrogens is 272 g/mol. The molecular formula is C15H14N2O2S. The summed E-state index contributed by atoms with van der Waals surface area (Å²) in [5.74, 6) is 0. The second kappa shape index (κ2) is 5.35. The summed E-state index contributed by atoms with van der Waals surface area (Å²) in [7, 11) is -3.63. The van der Waals surface area contributed by atoms with Crippen molar-refractivity contribution in [3.8, 4) is 6.07 Å². The van der Waals surface area contributed by atoms with E-state index in [1.807, 2.05) is 13.0 Å². The summed E-state index contributed by atoms with van der Waals surface area (Å²) < 4.78 is 26.9. The van der Waals surface area contributed by atoms with Gasteiger partial charge in [0.2, 0.25) is 0 Å². The maximum Gasteiger partial charge on any atom is 0.261 e. The number of benzene rings is 2. The highest BCUT2D eigenvalue weighted by Crippen LogP contribution is 2.19. The number of anilines is 1. The predicted molar refractivity (Wildman–Crippen MR) is 77.9 cm³/mol. The summed E-state index contributed by atoms with van der Waals surface area (Å²) in [5, 5.41) is 8.96. The van der Waals surface area contributed by atoms with Crippen LogP contribution in [0.2, 0.25) is 0 Å². The molecule has 5 heteroatoms. The molecule has 2 rings (SSSR count). The molecule has 1 N–H and O–H groups in total. The van der Waals surface area contributed by atoms with Crippen molar-refractivity contribution in [3.63, 3.8) is 0 Å². The molecule has 0 aliphatic carbocycles. The van der Waals surface area contributed by atoms with Crippen LogP contribution in [0.5, 0.6) is 0 Å². The first-order chi connectivity index (χ1) is 9.42. The summed E-state index contributed by atoms with van der Waals surface area (Å²) in [6, 6.07) is 13.5. The molecule has 0 aromatic heterocycles. The highest BCUT2D eigenvalue weighted by atomic mass is 32.2. The van der Waals surface area contributed by atoms with Gasteiger partial charge in [-0.3, -0.25) is 4.72 Å². The van der Waals surface area contributed by atoms with Crippen molar-refractivity contribution in [2.24, 2.45) is 0 Å². The topological polar surface area (TPSA) is 70.0 Å². The fraction of sp³-hybridized carbons (Fsp3) is 0.133. The third-order valence-electron chi connectivity index (χ3n) is 2.94. The minimum atomic E-state index is -3.63. The molecule has 0 saturated carbocycles. The average molecular weight is 286 g/mol. The van der Waals surface area contributed by atoms with Crippen LogP contribution in [0.3, 0.4) is 0 Å². The van der Waals surface area contributed by atoms with Gasteiger partial charge in [0.1, 0.15) is 0 Å². The molecule has 102 valence electrons. The van der Waals surface area contributed by atoms with Gasteiger partial charge in [0.05, 0.1) is 22.2 Å². The Morgan fingerprint density at radius 2 is 1.70 bits per heavy atom. The largest absolute Gasteiger partial charge is 0.280 e. The van der Waals surface area contributed by atoms with E-state index in [0.29, 0.717) is 11.3 Å². The number of nitriles is 1. The van der Waals surface area contributed by atoms with Crippen LogP contribution < -0.4 is 4.72 Å². The van der Waals surface area contributed by atoms with Gasteiger partial charge in [0.15, 0.2) is 0 Å². The van der Waals surface area contributed by atoms with E-state index < -0.39 is 10.0 Å². The molecule has 0 heterocycles. The lowest BCUT2D eigenvalue weighted by molar-refractivity contribution is 0.601. The highest BCUT2D eigenvalue weighted by Gasteiger charge is 2.14. The number of hydrogen-bond donors (Lipinski definition) is 1. The monoisotopic (exact) mass is 286 g/mol. The van der Waals surface area contributed by atoms with Gasteiger partial charge in [-0.05, 0) is 43.7 Å². The zero-order valence-corrected chi connectivity index (χ0v) is 12.0. The van der Waals surface area contributed by atoms with E-state index in [-0.39, 0.29) is 4.90 Å². The van der Waals surface area contributed by atoms with Crippen molar-refractivity contribution in [1.82, 2.24) is 0 Å². The Morgan fingerprint density at radius 1 is 1.05 bits per heavy atom. The van der Waals surface area contributed by atoms with Gasteiger partial charge in [0, 0.05) is 0 Å². The zero-order valence-electron chi connectivity index (χ0n) is 11.2. The van der Waals surface area contributed by atoms with E-state index in [9.17, 15) is 8.42 Å². The van der Waals surface area contributed by atoms with Crippen molar-refractivity contribution in [2.45, 2.75) is 18.7 Å². The SMILES string of the molecule is Cc1ccc(S(=O)(=O)Nc2ccc(C)c(C#N)c2)cc1. The molecule has 0 radical (unpaired) electrons. The van der Waals surface area contributed by atoms with Crippen LogP contribution in [0.25, 0.3) is 0 Å². The molecule has 0 aliphatic rings. The van der Waals surface area contributed by atoms with Crippen molar-refractivity contribution >= 4 is 15.7 Å². The van der Waals surface area contributed by atoms with Gasteiger partial charge in [0.25, 0.3) is 10.0 Å². The third kappa shape index (κ3) is 2.98. The van der Waals surface area contributed by atoms with Crippen molar-refractivity contribution < 1.29 is 8.42 Å². The number of nitrogens with one attached hydrogen (secondary N) is 1. The molecule has 2 aromatic carbocycles. The van der Waals surface area contributed by atoms with Crippen molar-refractivity contribution in [3.05, 3.63) is 59.2 Å². The molecule has 0 amide bonds. The quantitative estimate of drug-likeness (QED) is 0.943. The maximum atomic E-state index is 12.2. The lowest BCUT2D eigenvalue weighted by Gasteiger charge is -2.09. The summed E-state index contributed by atoms with van der Waals surface area (Å²) in [6.07, 6.45) is 0. The Balaban J connectivity index is 2.34. The number of rotatable bonds is 3. The van der Waals surface area contributed by atoms with Crippen LogP contribution in [0.4, 0.5) is 5.69 Å². The Labute approximate surface area is 118 Å². The van der Waals surface area contributed by atoms with Gasteiger partial charge >= 0.3 is 0 Å². The van der Waals surface area contributed by atoms with Crippen LogP contribution in [0.1, 0.15) is 16.7 Å². The van der Waals surface area contributed by atoms with Gasteiger partial charge in [-0.1, -0.05) is 23.8 Å². The van der Waals surface area contributed by atoms with E-state index in [1.54, 1.807) is 43.3 Å². The number of aryl methyl sites for hydroxylation is 2. The number of hydrogen-bond acceptors (Lipinski definition) is 3. The zero-order chi connectivity index (χ0) is 14.8. The van der Waals surface area contributed by atoms with Gasteiger partial charge < -0.3 is 0 Å². The smallest absolute Gasteiger partial charge is 0.261 e. The van der Waals surface area contributed by atoms with Crippen LogP contribution >= 0.6 is 0 Å². The first-order valence-electron chi connectivity index (χ1n) is 6.02. The van der Waals surface area contributed by atoms with Gasteiger partial charge in [-0.2, -0.15) is 5.26 Å². The Bertz CT molecular complexity index is 773. The fourth-order valence-corrected chi connectivity index (χ4v) is 2.79.